The van der Waals surface area contributed by atoms with Crippen molar-refractivity contribution in [2.24, 2.45) is 16.2 Å². The van der Waals surface area contributed by atoms with Crippen molar-refractivity contribution in [2.75, 3.05) is 0 Å². The molecule has 106 valence electrons. The molecular formula is C14H15N7. The van der Waals surface area contributed by atoms with Crippen LogP contribution in [-0.4, -0.2) is 20.6 Å². The number of aromatic nitrogens is 4. The fourth-order valence-electron chi connectivity index (χ4n) is 2.12. The number of hydrogen-bond acceptors (Lipinski definition) is 5. The van der Waals surface area contributed by atoms with Crippen molar-refractivity contribution in [1.82, 2.24) is 20.6 Å². The Kier molecular flexibility index (Phi) is 3.64. The number of benzene rings is 2. The minimum atomic E-state index is 0. The minimum absolute atomic E-state index is 0. The van der Waals surface area contributed by atoms with Crippen LogP contribution in [0.2, 0.25) is 0 Å². The number of H-pyrrole nitrogens is 1. The van der Waals surface area contributed by atoms with Gasteiger partial charge in [-0.2, -0.15) is 10.3 Å². The molecule has 0 spiro atoms. The van der Waals surface area contributed by atoms with E-state index in [-0.39, 0.29) is 1.43 Å². The van der Waals surface area contributed by atoms with Gasteiger partial charge >= 0.3 is 0 Å². The van der Waals surface area contributed by atoms with Crippen molar-refractivity contribution >= 4 is 0 Å². The van der Waals surface area contributed by atoms with E-state index in [1.807, 2.05) is 48.5 Å². The third kappa shape index (κ3) is 2.76. The number of hydrogen-bond donors (Lipinski definition) is 2. The molecule has 2 aromatic carbocycles. The van der Waals surface area contributed by atoms with Crippen LogP contribution < -0.4 is 5.84 Å². The summed E-state index contributed by atoms with van der Waals surface area (Å²) in [5, 5.41) is 21.2. The second-order valence-corrected chi connectivity index (χ2v) is 4.39. The maximum Gasteiger partial charge on any atom is 0.205 e. The summed E-state index contributed by atoms with van der Waals surface area (Å²) >= 11 is 0. The van der Waals surface area contributed by atoms with E-state index in [0.29, 0.717) is 12.4 Å². The monoisotopic (exact) mass is 281 g/mol. The van der Waals surface area contributed by atoms with Crippen molar-refractivity contribution in [3.05, 3.63) is 54.1 Å². The second-order valence-electron chi connectivity index (χ2n) is 4.39. The van der Waals surface area contributed by atoms with E-state index in [4.69, 9.17) is 5.84 Å². The number of rotatable bonds is 4. The van der Waals surface area contributed by atoms with Crippen LogP contribution in [0.3, 0.4) is 0 Å². The number of nitrogens with zero attached hydrogens (tertiary/aromatic N) is 5. The molecule has 3 rings (SSSR count). The van der Waals surface area contributed by atoms with Gasteiger partial charge < -0.3 is 5.84 Å². The highest BCUT2D eigenvalue weighted by Gasteiger charge is 2.10. The first-order valence-corrected chi connectivity index (χ1v) is 6.37. The Morgan fingerprint density at radius 2 is 1.81 bits per heavy atom. The van der Waals surface area contributed by atoms with E-state index in [1.54, 1.807) is 0 Å². The molecule has 0 atom stereocenters. The third-order valence-corrected chi connectivity index (χ3v) is 3.11. The van der Waals surface area contributed by atoms with E-state index in [0.717, 1.165) is 22.3 Å². The number of nitrogens with one attached hydrogen (secondary N) is 1. The SMILES string of the molecule is NN=NCc1ccc(-c2ccccc2-c2nn[nH]n2)cc1.[HH]. The highest BCUT2D eigenvalue weighted by Crippen LogP contribution is 2.29. The van der Waals surface area contributed by atoms with E-state index in [2.05, 4.69) is 31.0 Å². The molecule has 0 saturated carbocycles. The first kappa shape index (κ1) is 12.9. The smallest absolute Gasteiger partial charge is 0.205 e. The summed E-state index contributed by atoms with van der Waals surface area (Å²) in [6.07, 6.45) is 0. The lowest BCUT2D eigenvalue weighted by atomic mass is 9.98. The predicted molar refractivity (Wildman–Crippen MR) is 79.9 cm³/mol. The normalized spacial score (nSPS) is 11.0. The van der Waals surface area contributed by atoms with Gasteiger partial charge in [0, 0.05) is 6.99 Å². The summed E-state index contributed by atoms with van der Waals surface area (Å²) < 4.78 is 0. The molecule has 0 aliphatic rings. The van der Waals surface area contributed by atoms with Crippen LogP contribution in [0, 0.1) is 0 Å². The number of tetrazole rings is 1. The van der Waals surface area contributed by atoms with Gasteiger partial charge in [-0.05, 0) is 21.9 Å². The van der Waals surface area contributed by atoms with Gasteiger partial charge in [0.05, 0.1) is 6.54 Å². The third-order valence-electron chi connectivity index (χ3n) is 3.11. The Balaban J connectivity index is 0.00000176. The standard InChI is InChI=1S/C14H13N7.H2/c15-19-16-9-10-5-7-11(8-6-10)12-3-1-2-4-13(12)14-17-20-21-18-14;/h1-8H,9H2,(H2,15,16)(H,17,18,20,21);1H. The van der Waals surface area contributed by atoms with E-state index in [1.165, 1.54) is 0 Å². The predicted octanol–water partition coefficient (Wildman–Crippen LogP) is 2.61. The van der Waals surface area contributed by atoms with Crippen LogP contribution >= 0.6 is 0 Å². The van der Waals surface area contributed by atoms with E-state index < -0.39 is 0 Å². The molecule has 1 aromatic heterocycles. The lowest BCUT2D eigenvalue weighted by Gasteiger charge is -2.07. The molecule has 0 saturated heterocycles. The summed E-state index contributed by atoms with van der Waals surface area (Å²) in [4.78, 5) is 0. The Hall–Kier alpha value is -3.09. The number of aromatic amines is 1. The fraction of sp³-hybridized carbons (Fsp3) is 0.0714. The highest BCUT2D eigenvalue weighted by molar-refractivity contribution is 5.80. The number of nitrogens with two attached hydrogens (primary N) is 1. The summed E-state index contributed by atoms with van der Waals surface area (Å²) in [5.74, 6) is 5.58. The molecular weight excluding hydrogens is 266 g/mol. The zero-order valence-electron chi connectivity index (χ0n) is 11.1. The molecule has 0 amide bonds. The highest BCUT2D eigenvalue weighted by atomic mass is 15.5. The molecule has 0 aliphatic carbocycles. The van der Waals surface area contributed by atoms with Crippen molar-refractivity contribution in [3.63, 3.8) is 0 Å². The van der Waals surface area contributed by atoms with Crippen LogP contribution in [-0.2, 0) is 6.54 Å². The molecule has 7 nitrogen and oxygen atoms in total. The Morgan fingerprint density at radius 3 is 2.48 bits per heavy atom. The van der Waals surface area contributed by atoms with Crippen molar-refractivity contribution < 1.29 is 1.43 Å². The first-order valence-electron chi connectivity index (χ1n) is 6.37. The fourth-order valence-corrected chi connectivity index (χ4v) is 2.12. The van der Waals surface area contributed by atoms with Crippen molar-refractivity contribution in [1.29, 1.82) is 0 Å². The molecule has 0 radical (unpaired) electrons. The van der Waals surface area contributed by atoms with Gasteiger partial charge in [-0.25, -0.2) is 0 Å². The Morgan fingerprint density at radius 1 is 1.05 bits per heavy atom. The summed E-state index contributed by atoms with van der Waals surface area (Å²) in [5.41, 5.74) is 4.10. The molecule has 3 aromatic rings. The van der Waals surface area contributed by atoms with Gasteiger partial charge in [-0.15, -0.1) is 10.2 Å². The van der Waals surface area contributed by atoms with Gasteiger partial charge in [0.15, 0.2) is 0 Å². The molecule has 0 bridgehead atoms. The van der Waals surface area contributed by atoms with Gasteiger partial charge in [0.2, 0.25) is 5.82 Å². The molecule has 3 N–H and O–H groups in total. The summed E-state index contributed by atoms with van der Waals surface area (Å²) in [6.45, 7) is 0.475. The van der Waals surface area contributed by atoms with Gasteiger partial charge in [0.1, 0.15) is 0 Å². The van der Waals surface area contributed by atoms with E-state index in [9.17, 15) is 0 Å². The molecule has 0 unspecified atom stereocenters. The van der Waals surface area contributed by atoms with Gasteiger partial charge in [-0.3, -0.25) is 0 Å². The van der Waals surface area contributed by atoms with Gasteiger partial charge in [-0.1, -0.05) is 53.8 Å². The minimum Gasteiger partial charge on any atom is -0.305 e. The molecule has 7 heteroatoms. The van der Waals surface area contributed by atoms with Crippen LogP contribution in [0.4, 0.5) is 0 Å². The van der Waals surface area contributed by atoms with Crippen molar-refractivity contribution in [2.45, 2.75) is 6.54 Å². The van der Waals surface area contributed by atoms with Crippen LogP contribution in [0.25, 0.3) is 22.5 Å². The summed E-state index contributed by atoms with van der Waals surface area (Å²) in [7, 11) is 0. The lowest BCUT2D eigenvalue weighted by Crippen LogP contribution is -1.88. The largest absolute Gasteiger partial charge is 0.305 e. The maximum atomic E-state index is 5.01. The van der Waals surface area contributed by atoms with Crippen molar-refractivity contribution in [3.8, 4) is 22.5 Å². The molecule has 21 heavy (non-hydrogen) atoms. The topological polar surface area (TPSA) is 105 Å². The second kappa shape index (κ2) is 5.91. The van der Waals surface area contributed by atoms with Crippen LogP contribution in [0.1, 0.15) is 6.99 Å². The Labute approximate surface area is 122 Å². The average molecular weight is 281 g/mol. The zero-order chi connectivity index (χ0) is 14.5. The Bertz CT molecular complexity index is 738. The van der Waals surface area contributed by atoms with E-state index >= 15 is 0 Å². The molecule has 1 heterocycles. The van der Waals surface area contributed by atoms with Crippen LogP contribution in [0.15, 0.2) is 58.9 Å². The van der Waals surface area contributed by atoms with Gasteiger partial charge in [0.25, 0.3) is 0 Å². The van der Waals surface area contributed by atoms with Crippen LogP contribution in [0.5, 0.6) is 0 Å². The first-order chi connectivity index (χ1) is 10.4. The maximum absolute atomic E-state index is 5.01. The molecule has 0 fully saturated rings. The summed E-state index contributed by atoms with van der Waals surface area (Å²) in [6, 6.07) is 16.0. The zero-order valence-corrected chi connectivity index (χ0v) is 11.1. The quantitative estimate of drug-likeness (QED) is 0.435. The average Bonchev–Trinajstić information content (AvgIpc) is 3.08. The lowest BCUT2D eigenvalue weighted by molar-refractivity contribution is 0.881. The molecule has 0 aliphatic heterocycles.